The first kappa shape index (κ1) is 15.8. The third-order valence-electron chi connectivity index (χ3n) is 0. The maximum absolute atomic E-state index is 10.1. The molecule has 0 heterocycles. The van der Waals surface area contributed by atoms with Crippen LogP contribution < -0.4 is 34.7 Å². The Morgan fingerprint density at radius 2 is 1.14 bits per heavy atom. The Kier molecular flexibility index (Phi) is 12.8. The van der Waals surface area contributed by atoms with Crippen LogP contribution in [-0.4, -0.2) is 23.6 Å². The molecule has 0 N–H and O–H groups in total. The average Bonchev–Trinajstić information content (AvgIpc) is 0.722. The van der Waals surface area contributed by atoms with E-state index in [1.54, 1.807) is 20.8 Å². The molecule has 7 heavy (non-hydrogen) atoms. The Balaban J connectivity index is -0.0000000800. The number of rotatable bonds is 0. The van der Waals surface area contributed by atoms with Gasteiger partial charge < -0.3 is 5.11 Å². The molecule has 0 bridgehead atoms. The van der Waals surface area contributed by atoms with Crippen LogP contribution in [0.5, 0.6) is 0 Å². The summed E-state index contributed by atoms with van der Waals surface area (Å²) in [6.07, 6.45) is 0. The van der Waals surface area contributed by atoms with Crippen molar-refractivity contribution in [2.45, 2.75) is 26.4 Å². The van der Waals surface area contributed by atoms with Gasteiger partial charge in [-0.15, -0.1) is 5.60 Å². The molecule has 0 aliphatic rings. The second-order valence-corrected chi connectivity index (χ2v) is 2.11. The summed E-state index contributed by atoms with van der Waals surface area (Å²) in [6.45, 7) is 4.90. The first-order valence-corrected chi connectivity index (χ1v) is 1.70. The van der Waals surface area contributed by atoms with E-state index in [0.29, 0.717) is 0 Å². The first-order valence-electron chi connectivity index (χ1n) is 1.70. The van der Waals surface area contributed by atoms with Gasteiger partial charge in [0.05, 0.1) is 0 Å². The normalized spacial score (nSPS) is 8.57. The largest absolute Gasteiger partial charge is 1.00 e. The van der Waals surface area contributed by atoms with E-state index in [9.17, 15) is 5.11 Å². The van der Waals surface area contributed by atoms with Gasteiger partial charge >= 0.3 is 47.5 Å². The fourth-order valence-electron chi connectivity index (χ4n) is 0. The Labute approximate surface area is 78.5 Å². The standard InChI is InChI=1S/C4H9O.AsH3.Na/c1-4(2,3)5;;/h1-3H3;1H3;/q-1;;+1. The molecule has 0 saturated heterocycles. The van der Waals surface area contributed by atoms with Crippen molar-refractivity contribution in [1.29, 1.82) is 0 Å². The molecule has 0 aliphatic heterocycles. The van der Waals surface area contributed by atoms with E-state index >= 15 is 0 Å². The molecule has 0 saturated carbocycles. The molecule has 0 aromatic rings. The molecule has 0 rings (SSSR count). The van der Waals surface area contributed by atoms with Crippen molar-refractivity contribution >= 4 is 18.0 Å². The van der Waals surface area contributed by atoms with Crippen LogP contribution in [0.1, 0.15) is 20.8 Å². The molecule has 0 aromatic heterocycles. The molecule has 3 heteroatoms. The minimum absolute atomic E-state index is 0. The second kappa shape index (κ2) is 5.65. The van der Waals surface area contributed by atoms with Crippen LogP contribution in [0.3, 0.4) is 0 Å². The van der Waals surface area contributed by atoms with Crippen molar-refractivity contribution < 1.29 is 34.7 Å². The van der Waals surface area contributed by atoms with Crippen molar-refractivity contribution in [3.05, 3.63) is 0 Å². The van der Waals surface area contributed by atoms with Crippen LogP contribution >= 0.6 is 0 Å². The topological polar surface area (TPSA) is 23.1 Å². The van der Waals surface area contributed by atoms with Gasteiger partial charge in [0.25, 0.3) is 0 Å². The van der Waals surface area contributed by atoms with E-state index in [1.165, 1.54) is 0 Å². The Hall–Kier alpha value is 1.52. The molecule has 0 fully saturated rings. The summed E-state index contributed by atoms with van der Waals surface area (Å²) in [7, 11) is 0. The Morgan fingerprint density at radius 1 is 1.14 bits per heavy atom. The van der Waals surface area contributed by atoms with Gasteiger partial charge in [-0.2, -0.15) is 0 Å². The van der Waals surface area contributed by atoms with Crippen molar-refractivity contribution in [3.63, 3.8) is 0 Å². The molecule has 0 aliphatic carbocycles. The minimum Gasteiger partial charge on any atom is 1.00 e. The first-order chi connectivity index (χ1) is 2.00. The van der Waals surface area contributed by atoms with E-state index in [2.05, 4.69) is 0 Å². The number of hydrogen-bond acceptors (Lipinski definition) is 1. The summed E-state index contributed by atoms with van der Waals surface area (Å²) < 4.78 is 0. The molecule has 0 spiro atoms. The van der Waals surface area contributed by atoms with Gasteiger partial charge in [-0.1, -0.05) is 20.8 Å². The van der Waals surface area contributed by atoms with E-state index < -0.39 is 5.60 Å². The summed E-state index contributed by atoms with van der Waals surface area (Å²) in [4.78, 5) is 0. The molecule has 1 nitrogen and oxygen atoms in total. The third-order valence-corrected chi connectivity index (χ3v) is 0. The summed E-state index contributed by atoms with van der Waals surface area (Å²) in [5, 5.41) is 10.1. The molecular weight excluding hydrogens is 162 g/mol. The predicted molar refractivity (Wildman–Crippen MR) is 29.7 cm³/mol. The van der Waals surface area contributed by atoms with Crippen LogP contribution in [0.2, 0.25) is 0 Å². The zero-order valence-electron chi connectivity index (χ0n) is 5.62. The molecule has 0 radical (unpaired) electrons. The van der Waals surface area contributed by atoms with Crippen molar-refractivity contribution in [2.24, 2.45) is 0 Å². The van der Waals surface area contributed by atoms with Gasteiger partial charge in [0.15, 0.2) is 0 Å². The molecule has 1 atom stereocenters. The van der Waals surface area contributed by atoms with Crippen molar-refractivity contribution in [3.8, 4) is 0 Å². The fourth-order valence-corrected chi connectivity index (χ4v) is 0. The fraction of sp³-hybridized carbons (Fsp3) is 1.00. The summed E-state index contributed by atoms with van der Waals surface area (Å²) in [5.74, 6) is 0. The van der Waals surface area contributed by atoms with E-state index in [4.69, 9.17) is 0 Å². The monoisotopic (exact) mass is 174 g/mol. The van der Waals surface area contributed by atoms with Gasteiger partial charge in [0.2, 0.25) is 0 Å². The maximum atomic E-state index is 10.1. The number of hydrogen-bond donors (Lipinski definition) is 0. The van der Waals surface area contributed by atoms with E-state index in [1.807, 2.05) is 0 Å². The molecule has 1 unspecified atom stereocenters. The van der Waals surface area contributed by atoms with Crippen LogP contribution in [0.25, 0.3) is 0 Å². The van der Waals surface area contributed by atoms with Gasteiger partial charge in [-0.05, 0) is 0 Å². The molecule has 40 valence electrons. The molecular formula is C4H12AsNaO. The van der Waals surface area contributed by atoms with Gasteiger partial charge in [0.1, 0.15) is 0 Å². The zero-order valence-corrected chi connectivity index (χ0v) is 10.6. The van der Waals surface area contributed by atoms with Crippen LogP contribution in [0.4, 0.5) is 0 Å². The third kappa shape index (κ3) is 99.3. The van der Waals surface area contributed by atoms with Crippen molar-refractivity contribution in [1.82, 2.24) is 0 Å². The predicted octanol–water partition coefficient (Wildman–Crippen LogP) is -4.03. The van der Waals surface area contributed by atoms with Crippen LogP contribution in [-0.2, 0) is 0 Å². The van der Waals surface area contributed by atoms with Gasteiger partial charge in [-0.25, -0.2) is 0 Å². The van der Waals surface area contributed by atoms with Gasteiger partial charge in [0, 0.05) is 0 Å². The summed E-state index contributed by atoms with van der Waals surface area (Å²) >= 11 is 0. The Morgan fingerprint density at radius 3 is 1.14 bits per heavy atom. The summed E-state index contributed by atoms with van der Waals surface area (Å²) in [6, 6.07) is 0. The van der Waals surface area contributed by atoms with E-state index in [-0.39, 0.29) is 47.5 Å². The van der Waals surface area contributed by atoms with E-state index in [0.717, 1.165) is 0 Å². The smallest absolute Gasteiger partial charge is 1.00 e. The Bertz CT molecular complexity index is 27.2. The second-order valence-electron chi connectivity index (χ2n) is 2.11. The van der Waals surface area contributed by atoms with Crippen molar-refractivity contribution in [2.75, 3.05) is 0 Å². The zero-order chi connectivity index (χ0) is 4.50. The van der Waals surface area contributed by atoms with Crippen LogP contribution in [0.15, 0.2) is 0 Å². The maximum Gasteiger partial charge on any atom is 1.00 e. The average molecular weight is 174 g/mol. The minimum atomic E-state index is -0.750. The molecule has 0 amide bonds. The summed E-state index contributed by atoms with van der Waals surface area (Å²) in [5.41, 5.74) is -0.750. The quantitative estimate of drug-likeness (QED) is 0.343. The van der Waals surface area contributed by atoms with Gasteiger partial charge in [-0.3, -0.25) is 0 Å². The van der Waals surface area contributed by atoms with Crippen LogP contribution in [0, 0.1) is 0 Å². The molecule has 0 aromatic carbocycles. The SMILES string of the molecule is CC(C)(C)[O-].[AsH3].[Na+].